The molecular formula is C20H27N4O4S+. The van der Waals surface area contributed by atoms with Crippen LogP contribution in [-0.2, 0) is 14.8 Å². The van der Waals surface area contributed by atoms with Gasteiger partial charge < -0.3 is 14.4 Å². The molecule has 3 heterocycles. The van der Waals surface area contributed by atoms with E-state index in [4.69, 9.17) is 9.47 Å². The van der Waals surface area contributed by atoms with Crippen molar-refractivity contribution in [2.75, 3.05) is 69.4 Å². The van der Waals surface area contributed by atoms with Gasteiger partial charge in [-0.05, 0) is 18.2 Å². The lowest BCUT2D eigenvalue weighted by atomic mass is 10.2. The fourth-order valence-corrected chi connectivity index (χ4v) is 5.08. The van der Waals surface area contributed by atoms with Gasteiger partial charge in [-0.2, -0.15) is 4.31 Å². The fraction of sp³-hybridized carbons (Fsp3) is 0.450. The summed E-state index contributed by atoms with van der Waals surface area (Å²) in [4.78, 5) is 8.03. The van der Waals surface area contributed by atoms with Gasteiger partial charge in [-0.25, -0.2) is 13.4 Å². The van der Waals surface area contributed by atoms with E-state index in [2.05, 4.69) is 20.9 Å². The zero-order chi connectivity index (χ0) is 20.3. The van der Waals surface area contributed by atoms with Crippen molar-refractivity contribution in [2.24, 2.45) is 0 Å². The summed E-state index contributed by atoms with van der Waals surface area (Å²) in [6.07, 6.45) is 1.59. The van der Waals surface area contributed by atoms with Crippen molar-refractivity contribution < 1.29 is 22.9 Å². The van der Waals surface area contributed by atoms with E-state index in [0.29, 0.717) is 26.3 Å². The van der Waals surface area contributed by atoms with Crippen LogP contribution in [-0.4, -0.2) is 72.3 Å². The van der Waals surface area contributed by atoms with Crippen LogP contribution in [0.25, 0.3) is 0 Å². The molecule has 2 fully saturated rings. The van der Waals surface area contributed by atoms with Gasteiger partial charge in [0.05, 0.1) is 33.4 Å². The average Bonchev–Trinajstić information content (AvgIpc) is 2.80. The molecule has 156 valence electrons. The number of rotatable bonds is 5. The lowest BCUT2D eigenvalue weighted by molar-refractivity contribution is -0.367. The van der Waals surface area contributed by atoms with Gasteiger partial charge in [0.2, 0.25) is 10.0 Å². The number of piperazine rings is 1. The minimum Gasteiger partial charge on any atom is -0.497 e. The Morgan fingerprint density at radius 2 is 1.69 bits per heavy atom. The number of morpholine rings is 1. The van der Waals surface area contributed by atoms with E-state index in [-0.39, 0.29) is 4.90 Å². The second kappa shape index (κ2) is 8.56. The van der Waals surface area contributed by atoms with Crippen molar-refractivity contribution >= 4 is 21.5 Å². The van der Waals surface area contributed by atoms with Gasteiger partial charge in [-0.3, -0.25) is 4.90 Å². The Morgan fingerprint density at radius 1 is 0.966 bits per heavy atom. The fourth-order valence-electron chi connectivity index (χ4n) is 3.71. The molecule has 0 aliphatic carbocycles. The average molecular weight is 420 g/mol. The zero-order valence-corrected chi connectivity index (χ0v) is 17.4. The minimum absolute atomic E-state index is 0.290. The van der Waals surface area contributed by atoms with Crippen molar-refractivity contribution in [3.05, 3.63) is 42.6 Å². The number of pyridine rings is 1. The Labute approximate surface area is 171 Å². The minimum atomic E-state index is -3.48. The van der Waals surface area contributed by atoms with E-state index in [1.165, 1.54) is 4.31 Å². The van der Waals surface area contributed by atoms with Crippen molar-refractivity contribution in [3.8, 4) is 5.75 Å². The highest BCUT2D eigenvalue weighted by Crippen LogP contribution is 2.23. The molecule has 0 bridgehead atoms. The summed E-state index contributed by atoms with van der Waals surface area (Å²) in [6, 6.07) is 11.6. The van der Waals surface area contributed by atoms with Crippen LogP contribution in [0, 0.1) is 0 Å². The molecule has 0 saturated carbocycles. The van der Waals surface area contributed by atoms with E-state index < -0.39 is 10.0 Å². The summed E-state index contributed by atoms with van der Waals surface area (Å²) in [7, 11) is -1.80. The van der Waals surface area contributed by atoms with Crippen LogP contribution >= 0.6 is 0 Å². The molecule has 0 amide bonds. The quantitative estimate of drug-likeness (QED) is 0.716. The molecule has 0 radical (unpaired) electrons. The second-order valence-electron chi connectivity index (χ2n) is 7.10. The Bertz CT molecular complexity index is 922. The number of benzene rings is 1. The summed E-state index contributed by atoms with van der Waals surface area (Å²) in [5, 5.41) is 0. The standard InChI is InChI=1S/C20H26N4O4S/c1-27-18-4-2-3-17(15-18)22-7-9-23(10-8-22)20-6-5-19(16-21-20)29(25,26)24-11-13-28-14-12-24/h2-6,15-16H,7-14H2,1H3/p+1. The van der Waals surface area contributed by atoms with E-state index in [1.54, 1.807) is 19.4 Å². The van der Waals surface area contributed by atoms with Gasteiger partial charge in [0.25, 0.3) is 5.82 Å². The number of anilines is 2. The largest absolute Gasteiger partial charge is 0.497 e. The number of methoxy groups -OCH3 is 1. The summed E-state index contributed by atoms with van der Waals surface area (Å²) in [5.41, 5.74) is 1.15. The van der Waals surface area contributed by atoms with E-state index >= 15 is 0 Å². The van der Waals surface area contributed by atoms with Crippen molar-refractivity contribution in [2.45, 2.75) is 4.90 Å². The monoisotopic (exact) mass is 419 g/mol. The first-order chi connectivity index (χ1) is 14.1. The maximum atomic E-state index is 12.7. The highest BCUT2D eigenvalue weighted by Gasteiger charge is 2.29. The smallest absolute Gasteiger partial charge is 0.274 e. The number of H-pyrrole nitrogens is 1. The number of nitrogens with zero attached hydrogens (tertiary/aromatic N) is 3. The topological polar surface area (TPSA) is 76.5 Å². The number of sulfonamides is 1. The maximum Gasteiger partial charge on any atom is 0.274 e. The van der Waals surface area contributed by atoms with Gasteiger partial charge >= 0.3 is 0 Å². The van der Waals surface area contributed by atoms with Crippen LogP contribution < -0.4 is 19.5 Å². The summed E-state index contributed by atoms with van der Waals surface area (Å²) in [5.74, 6) is 1.78. The Morgan fingerprint density at radius 3 is 2.34 bits per heavy atom. The number of hydrogen-bond acceptors (Lipinski definition) is 6. The summed E-state index contributed by atoms with van der Waals surface area (Å²) in [6.45, 7) is 5.15. The molecule has 8 nitrogen and oxygen atoms in total. The van der Waals surface area contributed by atoms with Crippen LogP contribution in [0.15, 0.2) is 47.5 Å². The van der Waals surface area contributed by atoms with Crippen LogP contribution in [0.3, 0.4) is 0 Å². The molecule has 29 heavy (non-hydrogen) atoms. The van der Waals surface area contributed by atoms with Gasteiger partial charge in [0, 0.05) is 30.9 Å². The van der Waals surface area contributed by atoms with Crippen LogP contribution in [0.5, 0.6) is 5.75 Å². The first-order valence-electron chi connectivity index (χ1n) is 9.81. The van der Waals surface area contributed by atoms with Gasteiger partial charge in [-0.1, -0.05) is 6.07 Å². The predicted octanol–water partition coefficient (Wildman–Crippen LogP) is 0.857. The first-order valence-corrected chi connectivity index (χ1v) is 11.3. The highest BCUT2D eigenvalue weighted by atomic mass is 32.2. The molecule has 1 aromatic heterocycles. The highest BCUT2D eigenvalue weighted by molar-refractivity contribution is 7.89. The van der Waals surface area contributed by atoms with Crippen molar-refractivity contribution in [1.29, 1.82) is 0 Å². The molecule has 1 N–H and O–H groups in total. The third-order valence-electron chi connectivity index (χ3n) is 5.41. The lowest BCUT2D eigenvalue weighted by Crippen LogP contribution is -2.48. The second-order valence-corrected chi connectivity index (χ2v) is 9.04. The number of hydrogen-bond donors (Lipinski definition) is 0. The number of ether oxygens (including phenoxy) is 2. The molecular weight excluding hydrogens is 392 g/mol. The molecule has 4 rings (SSSR count). The molecule has 0 unspecified atom stereocenters. The Kier molecular flexibility index (Phi) is 5.89. The Balaban J connectivity index is 1.40. The molecule has 2 saturated heterocycles. The van der Waals surface area contributed by atoms with Crippen LogP contribution in [0.2, 0.25) is 0 Å². The summed E-state index contributed by atoms with van der Waals surface area (Å²) >= 11 is 0. The van der Waals surface area contributed by atoms with Crippen LogP contribution in [0.4, 0.5) is 11.5 Å². The van der Waals surface area contributed by atoms with Gasteiger partial charge in [0.15, 0.2) is 0 Å². The van der Waals surface area contributed by atoms with Gasteiger partial charge in [-0.15, -0.1) is 0 Å². The number of aromatic nitrogens is 1. The van der Waals surface area contributed by atoms with Gasteiger partial charge in [0.1, 0.15) is 29.9 Å². The van der Waals surface area contributed by atoms with E-state index in [9.17, 15) is 8.42 Å². The molecule has 2 aliphatic rings. The normalized spacial score (nSPS) is 18.7. The number of nitrogens with one attached hydrogen (secondary N) is 1. The van der Waals surface area contributed by atoms with Crippen molar-refractivity contribution in [1.82, 2.24) is 4.31 Å². The maximum absolute atomic E-state index is 12.7. The third kappa shape index (κ3) is 4.31. The molecule has 2 aliphatic heterocycles. The predicted molar refractivity (Wildman–Crippen MR) is 110 cm³/mol. The molecule has 1 aromatic carbocycles. The zero-order valence-electron chi connectivity index (χ0n) is 16.6. The third-order valence-corrected chi connectivity index (χ3v) is 7.31. The molecule has 9 heteroatoms. The Hall–Kier alpha value is -2.36. The summed E-state index contributed by atoms with van der Waals surface area (Å²) < 4.78 is 37.5. The molecule has 2 aromatic rings. The van der Waals surface area contributed by atoms with E-state index in [1.807, 2.05) is 24.3 Å². The van der Waals surface area contributed by atoms with Crippen LogP contribution in [0.1, 0.15) is 0 Å². The molecule has 0 atom stereocenters. The lowest BCUT2D eigenvalue weighted by Gasteiger charge is -2.32. The SMILES string of the molecule is COc1cccc(N2CCN(c3ccc(S(=O)(=O)N4CCOCC4)c[nH+]3)CC2)c1. The molecule has 0 spiro atoms. The first kappa shape index (κ1) is 19.9. The van der Waals surface area contributed by atoms with E-state index in [0.717, 1.165) is 43.4 Å². The van der Waals surface area contributed by atoms with Crippen molar-refractivity contribution in [3.63, 3.8) is 0 Å². The number of aromatic amines is 1.